The van der Waals surface area contributed by atoms with Crippen molar-refractivity contribution in [1.29, 1.82) is 0 Å². The molecule has 0 aliphatic carbocycles. The number of aromatic amines is 1. The van der Waals surface area contributed by atoms with Gasteiger partial charge in [0.15, 0.2) is 0 Å². The maximum Gasteiger partial charge on any atom is 0.328 e. The minimum Gasteiger partial charge on any atom is -0.480 e. The Morgan fingerprint density at radius 1 is 1.40 bits per heavy atom. The van der Waals surface area contributed by atoms with Crippen molar-refractivity contribution in [3.63, 3.8) is 0 Å². The van der Waals surface area contributed by atoms with E-state index in [1.54, 1.807) is 0 Å². The third kappa shape index (κ3) is 4.40. The average molecular weight is 284 g/mol. The third-order valence-corrected chi connectivity index (χ3v) is 2.25. The first-order valence-electron chi connectivity index (χ1n) is 5.40. The average Bonchev–Trinajstić information content (AvgIpc) is 2.31. The zero-order valence-corrected chi connectivity index (χ0v) is 10.2. The summed E-state index contributed by atoms with van der Waals surface area (Å²) in [5.74, 6) is -3.13. The fourth-order valence-electron chi connectivity index (χ4n) is 1.36. The number of carbonyl (C=O) groups is 3. The van der Waals surface area contributed by atoms with Crippen molar-refractivity contribution in [2.75, 3.05) is 0 Å². The van der Waals surface area contributed by atoms with E-state index in [0.29, 0.717) is 0 Å². The first kappa shape index (κ1) is 15.1. The van der Waals surface area contributed by atoms with Crippen LogP contribution >= 0.6 is 0 Å². The summed E-state index contributed by atoms with van der Waals surface area (Å²) in [6.45, 7) is -0.502. The number of carboxylic acid groups (broad SMARTS) is 1. The molecule has 1 unspecified atom stereocenters. The van der Waals surface area contributed by atoms with Gasteiger partial charge in [0.05, 0.1) is 6.42 Å². The van der Waals surface area contributed by atoms with Crippen LogP contribution in [0, 0.1) is 0 Å². The summed E-state index contributed by atoms with van der Waals surface area (Å²) in [6, 6.07) is -0.439. The summed E-state index contributed by atoms with van der Waals surface area (Å²) >= 11 is 0. The van der Waals surface area contributed by atoms with Crippen LogP contribution in [-0.2, 0) is 20.9 Å². The van der Waals surface area contributed by atoms with Crippen LogP contribution in [0.4, 0.5) is 0 Å². The van der Waals surface area contributed by atoms with Crippen molar-refractivity contribution < 1.29 is 19.5 Å². The Kier molecular flexibility index (Phi) is 4.78. The minimum atomic E-state index is -1.47. The normalized spacial score (nSPS) is 11.6. The summed E-state index contributed by atoms with van der Waals surface area (Å²) in [4.78, 5) is 57.1. The maximum atomic E-state index is 11.6. The molecule has 0 fully saturated rings. The molecule has 20 heavy (non-hydrogen) atoms. The maximum absolute atomic E-state index is 11.6. The lowest BCUT2D eigenvalue weighted by molar-refractivity contribution is -0.143. The third-order valence-electron chi connectivity index (χ3n) is 2.25. The molecule has 0 radical (unpaired) electrons. The van der Waals surface area contributed by atoms with E-state index in [4.69, 9.17) is 10.8 Å². The van der Waals surface area contributed by atoms with Crippen LogP contribution in [0.25, 0.3) is 0 Å². The van der Waals surface area contributed by atoms with Crippen molar-refractivity contribution in [2.24, 2.45) is 5.73 Å². The molecule has 10 heteroatoms. The first-order valence-corrected chi connectivity index (χ1v) is 5.40. The molecule has 0 saturated carbocycles. The van der Waals surface area contributed by atoms with E-state index in [-0.39, 0.29) is 0 Å². The second-order valence-corrected chi connectivity index (χ2v) is 3.87. The van der Waals surface area contributed by atoms with E-state index in [2.05, 4.69) is 0 Å². The summed E-state index contributed by atoms with van der Waals surface area (Å²) in [6.07, 6.45) is 0.520. The zero-order chi connectivity index (χ0) is 15.3. The van der Waals surface area contributed by atoms with Gasteiger partial charge in [-0.15, -0.1) is 0 Å². The molecule has 10 nitrogen and oxygen atoms in total. The number of carboxylic acids is 1. The van der Waals surface area contributed by atoms with Gasteiger partial charge in [-0.3, -0.25) is 23.9 Å². The predicted octanol–water partition coefficient (Wildman–Crippen LogP) is -3.02. The Morgan fingerprint density at radius 2 is 2.05 bits per heavy atom. The van der Waals surface area contributed by atoms with Gasteiger partial charge in [0, 0.05) is 12.3 Å². The molecule has 1 aromatic heterocycles. The molecule has 1 heterocycles. The van der Waals surface area contributed by atoms with Gasteiger partial charge >= 0.3 is 11.7 Å². The Bertz CT molecular complexity index is 646. The number of nitrogens with one attached hydrogen (secondary N) is 2. The van der Waals surface area contributed by atoms with Gasteiger partial charge in [0.1, 0.15) is 12.6 Å². The number of H-pyrrole nitrogens is 1. The molecular formula is C10H12N4O6. The van der Waals surface area contributed by atoms with Crippen molar-refractivity contribution in [1.82, 2.24) is 14.9 Å². The van der Waals surface area contributed by atoms with E-state index in [0.717, 1.165) is 16.8 Å². The van der Waals surface area contributed by atoms with Crippen LogP contribution in [0.1, 0.15) is 6.42 Å². The smallest absolute Gasteiger partial charge is 0.328 e. The number of aliphatic carboxylic acids is 1. The fraction of sp³-hybridized carbons (Fsp3) is 0.300. The molecule has 0 aliphatic rings. The number of primary amides is 1. The number of carbonyl (C=O) groups excluding carboxylic acids is 2. The number of amides is 2. The number of nitrogens with zero attached hydrogens (tertiary/aromatic N) is 1. The number of hydrogen-bond donors (Lipinski definition) is 4. The van der Waals surface area contributed by atoms with Gasteiger partial charge < -0.3 is 16.2 Å². The molecule has 1 atom stereocenters. The van der Waals surface area contributed by atoms with Gasteiger partial charge in [0.2, 0.25) is 11.8 Å². The summed E-state index contributed by atoms with van der Waals surface area (Å²) < 4.78 is 0.875. The Morgan fingerprint density at radius 3 is 2.55 bits per heavy atom. The molecule has 5 N–H and O–H groups in total. The quantitative estimate of drug-likeness (QED) is 0.434. The van der Waals surface area contributed by atoms with E-state index in [1.807, 2.05) is 10.3 Å². The zero-order valence-electron chi connectivity index (χ0n) is 10.2. The molecule has 0 aromatic carbocycles. The standard InChI is InChI=1S/C10H12N4O6/c11-6(15)3-5(9(18)19)12-8(17)4-14-2-1-7(16)13-10(14)20/h1-2,5H,3-4H2,(H2,11,15)(H,12,17)(H,18,19)(H,13,16,20). The highest BCUT2D eigenvalue weighted by Gasteiger charge is 2.22. The number of nitrogens with two attached hydrogens (primary N) is 1. The Hall–Kier alpha value is -2.91. The molecule has 0 aliphatic heterocycles. The molecule has 2 amide bonds. The molecule has 108 valence electrons. The lowest BCUT2D eigenvalue weighted by atomic mass is 10.2. The lowest BCUT2D eigenvalue weighted by Crippen LogP contribution is -2.45. The molecule has 0 bridgehead atoms. The van der Waals surface area contributed by atoms with Gasteiger partial charge in [-0.1, -0.05) is 0 Å². The highest BCUT2D eigenvalue weighted by atomic mass is 16.4. The monoisotopic (exact) mass is 284 g/mol. The molecule has 1 rings (SSSR count). The highest BCUT2D eigenvalue weighted by molar-refractivity contribution is 5.88. The topological polar surface area (TPSA) is 164 Å². The van der Waals surface area contributed by atoms with Crippen LogP contribution in [-0.4, -0.2) is 38.5 Å². The number of hydrogen-bond acceptors (Lipinski definition) is 5. The van der Waals surface area contributed by atoms with Crippen LogP contribution in [0.3, 0.4) is 0 Å². The molecule has 0 saturated heterocycles. The van der Waals surface area contributed by atoms with Crippen LogP contribution in [0.2, 0.25) is 0 Å². The summed E-state index contributed by atoms with van der Waals surface area (Å²) in [5.41, 5.74) is 3.42. The number of aromatic nitrogens is 2. The highest BCUT2D eigenvalue weighted by Crippen LogP contribution is 1.92. The first-order chi connectivity index (χ1) is 9.29. The predicted molar refractivity (Wildman–Crippen MR) is 64.7 cm³/mol. The second kappa shape index (κ2) is 6.31. The fourth-order valence-corrected chi connectivity index (χ4v) is 1.36. The molecule has 0 spiro atoms. The SMILES string of the molecule is NC(=O)CC(NC(=O)Cn1ccc(=O)[nH]c1=O)C(=O)O. The van der Waals surface area contributed by atoms with Crippen molar-refractivity contribution in [3.05, 3.63) is 33.1 Å². The summed E-state index contributed by atoms with van der Waals surface area (Å²) in [5, 5.41) is 10.8. The van der Waals surface area contributed by atoms with Crippen molar-refractivity contribution in [2.45, 2.75) is 19.0 Å². The molecule has 1 aromatic rings. The largest absolute Gasteiger partial charge is 0.480 e. The van der Waals surface area contributed by atoms with E-state index >= 15 is 0 Å². The van der Waals surface area contributed by atoms with Crippen LogP contribution < -0.4 is 22.3 Å². The second-order valence-electron chi connectivity index (χ2n) is 3.87. The minimum absolute atomic E-state index is 0.502. The number of rotatable bonds is 6. The summed E-state index contributed by atoms with van der Waals surface area (Å²) in [7, 11) is 0. The van der Waals surface area contributed by atoms with E-state index in [9.17, 15) is 24.0 Å². The van der Waals surface area contributed by atoms with Crippen LogP contribution in [0.15, 0.2) is 21.9 Å². The van der Waals surface area contributed by atoms with Gasteiger partial charge in [-0.25, -0.2) is 9.59 Å². The van der Waals surface area contributed by atoms with Crippen molar-refractivity contribution in [3.8, 4) is 0 Å². The van der Waals surface area contributed by atoms with Gasteiger partial charge in [0.25, 0.3) is 5.56 Å². The van der Waals surface area contributed by atoms with Gasteiger partial charge in [-0.2, -0.15) is 0 Å². The lowest BCUT2D eigenvalue weighted by Gasteiger charge is -2.13. The Balaban J connectivity index is 2.75. The van der Waals surface area contributed by atoms with E-state index < -0.39 is 48.0 Å². The molecular weight excluding hydrogens is 272 g/mol. The van der Waals surface area contributed by atoms with Crippen LogP contribution in [0.5, 0.6) is 0 Å². The van der Waals surface area contributed by atoms with Gasteiger partial charge in [-0.05, 0) is 0 Å². The Labute approximate surface area is 111 Å². The van der Waals surface area contributed by atoms with Crippen molar-refractivity contribution >= 4 is 17.8 Å². The van der Waals surface area contributed by atoms with E-state index in [1.165, 1.54) is 0 Å².